The monoisotopic (exact) mass is 430 g/mol. The summed E-state index contributed by atoms with van der Waals surface area (Å²) in [5.74, 6) is -1.21. The van der Waals surface area contributed by atoms with Crippen LogP contribution in [0.2, 0.25) is 0 Å². The summed E-state index contributed by atoms with van der Waals surface area (Å²) in [5, 5.41) is 0. The van der Waals surface area contributed by atoms with Crippen LogP contribution in [0.15, 0.2) is 53.4 Å². The number of halogens is 1. The zero-order valence-corrected chi connectivity index (χ0v) is 17.6. The summed E-state index contributed by atoms with van der Waals surface area (Å²) < 4.78 is 40.9. The summed E-state index contributed by atoms with van der Waals surface area (Å²) in [6.07, 6.45) is 1.05. The van der Waals surface area contributed by atoms with E-state index in [0.717, 1.165) is 26.9 Å². The van der Waals surface area contributed by atoms with Crippen molar-refractivity contribution >= 4 is 27.5 Å². The van der Waals surface area contributed by atoms with Crippen molar-refractivity contribution in [3.8, 4) is 0 Å². The summed E-state index contributed by atoms with van der Waals surface area (Å²) in [5.41, 5.74) is 1.51. The molecule has 0 radical (unpaired) electrons. The second kappa shape index (κ2) is 7.59. The Hall–Kier alpha value is -2.58. The molecule has 1 saturated carbocycles. The van der Waals surface area contributed by atoms with E-state index < -0.39 is 33.7 Å². The van der Waals surface area contributed by atoms with Gasteiger partial charge in [0.25, 0.3) is 5.91 Å². The Balaban J connectivity index is 1.66. The van der Waals surface area contributed by atoms with Crippen molar-refractivity contribution in [1.82, 2.24) is 4.31 Å². The highest BCUT2D eigenvalue weighted by Crippen LogP contribution is 2.38. The number of rotatable bonds is 6. The van der Waals surface area contributed by atoms with Gasteiger partial charge < -0.3 is 0 Å². The van der Waals surface area contributed by atoms with Gasteiger partial charge in [0.2, 0.25) is 15.9 Å². The number of benzene rings is 2. The number of carbonyl (C=O) groups is 2. The summed E-state index contributed by atoms with van der Waals surface area (Å²) in [4.78, 5) is 26.9. The van der Waals surface area contributed by atoms with Crippen LogP contribution >= 0.6 is 0 Å². The van der Waals surface area contributed by atoms with Crippen LogP contribution in [0.25, 0.3) is 0 Å². The predicted molar refractivity (Wildman–Crippen MR) is 110 cm³/mol. The van der Waals surface area contributed by atoms with Gasteiger partial charge in [-0.2, -0.15) is 4.31 Å². The molecule has 2 aromatic carbocycles. The SMILES string of the molecule is CC(C)c1ccc(N2C(=O)CC(N(C3CC3)S(=O)(=O)c3ccc(F)cc3)C2=O)cc1. The fourth-order valence-electron chi connectivity index (χ4n) is 3.77. The number of sulfonamides is 1. The molecule has 0 bridgehead atoms. The van der Waals surface area contributed by atoms with E-state index in [9.17, 15) is 22.4 Å². The van der Waals surface area contributed by atoms with Crippen molar-refractivity contribution in [2.24, 2.45) is 0 Å². The number of hydrogen-bond donors (Lipinski definition) is 0. The Morgan fingerprint density at radius 2 is 1.60 bits per heavy atom. The number of carbonyl (C=O) groups excluding carboxylic acids is 2. The van der Waals surface area contributed by atoms with Crippen LogP contribution in [0.3, 0.4) is 0 Å². The second-order valence-corrected chi connectivity index (χ2v) is 9.90. The number of anilines is 1. The largest absolute Gasteiger partial charge is 0.274 e. The Labute approximate surface area is 175 Å². The molecule has 2 aliphatic rings. The first-order valence-electron chi connectivity index (χ1n) is 9.96. The molecule has 0 spiro atoms. The molecule has 1 aliphatic heterocycles. The summed E-state index contributed by atoms with van der Waals surface area (Å²) >= 11 is 0. The quantitative estimate of drug-likeness (QED) is 0.658. The van der Waals surface area contributed by atoms with Crippen LogP contribution in [-0.4, -0.2) is 36.6 Å². The van der Waals surface area contributed by atoms with E-state index in [2.05, 4.69) is 0 Å². The molecule has 2 fully saturated rings. The lowest BCUT2D eigenvalue weighted by Gasteiger charge is -2.26. The minimum atomic E-state index is -4.05. The van der Waals surface area contributed by atoms with Gasteiger partial charge in [-0.1, -0.05) is 26.0 Å². The van der Waals surface area contributed by atoms with Gasteiger partial charge in [0.15, 0.2) is 0 Å². The van der Waals surface area contributed by atoms with E-state index in [1.165, 1.54) is 12.1 Å². The molecule has 2 amide bonds. The maximum atomic E-state index is 13.3. The standard InChI is InChI=1S/C22H23FN2O4S/c1-14(2)15-3-7-17(8-4-15)24-21(26)13-20(22(24)27)25(18-9-10-18)30(28,29)19-11-5-16(23)6-12-19/h3-8,11-12,14,18,20H,9-10,13H2,1-2H3. The van der Waals surface area contributed by atoms with Gasteiger partial charge >= 0.3 is 0 Å². The number of hydrogen-bond acceptors (Lipinski definition) is 4. The van der Waals surface area contributed by atoms with Crippen LogP contribution in [-0.2, 0) is 19.6 Å². The van der Waals surface area contributed by atoms with E-state index in [1.807, 2.05) is 26.0 Å². The summed E-state index contributed by atoms with van der Waals surface area (Å²) in [7, 11) is -4.05. The third-order valence-electron chi connectivity index (χ3n) is 5.54. The topological polar surface area (TPSA) is 74.8 Å². The number of imide groups is 1. The maximum absolute atomic E-state index is 13.3. The molecule has 30 heavy (non-hydrogen) atoms. The molecule has 158 valence electrons. The van der Waals surface area contributed by atoms with E-state index in [0.29, 0.717) is 24.4 Å². The molecule has 1 atom stereocenters. The highest BCUT2D eigenvalue weighted by Gasteiger charge is 2.51. The minimum Gasteiger partial charge on any atom is -0.274 e. The molecular formula is C22H23FN2O4S. The zero-order chi connectivity index (χ0) is 21.6. The van der Waals surface area contributed by atoms with Crippen LogP contribution in [0.1, 0.15) is 44.6 Å². The number of amides is 2. The maximum Gasteiger partial charge on any atom is 0.252 e. The fourth-order valence-corrected chi connectivity index (χ4v) is 5.60. The molecule has 1 heterocycles. The Bertz CT molecular complexity index is 1080. The van der Waals surface area contributed by atoms with Crippen LogP contribution < -0.4 is 4.90 Å². The molecule has 4 rings (SSSR count). The lowest BCUT2D eigenvalue weighted by molar-refractivity contribution is -0.122. The Morgan fingerprint density at radius 1 is 1.00 bits per heavy atom. The van der Waals surface area contributed by atoms with Crippen LogP contribution in [0.5, 0.6) is 0 Å². The minimum absolute atomic E-state index is 0.0872. The molecule has 1 aliphatic carbocycles. The molecule has 1 saturated heterocycles. The van der Waals surface area contributed by atoms with Gasteiger partial charge in [-0.15, -0.1) is 0 Å². The molecule has 0 aromatic heterocycles. The van der Waals surface area contributed by atoms with Crippen molar-refractivity contribution in [2.75, 3.05) is 4.90 Å². The molecule has 1 unspecified atom stereocenters. The van der Waals surface area contributed by atoms with Gasteiger partial charge in [-0.3, -0.25) is 9.59 Å². The van der Waals surface area contributed by atoms with Gasteiger partial charge in [0, 0.05) is 6.04 Å². The first kappa shape index (κ1) is 20.7. The molecular weight excluding hydrogens is 407 g/mol. The second-order valence-electron chi connectivity index (χ2n) is 8.05. The highest BCUT2D eigenvalue weighted by atomic mass is 32.2. The molecule has 2 aromatic rings. The van der Waals surface area contributed by atoms with E-state index >= 15 is 0 Å². The van der Waals surface area contributed by atoms with Gasteiger partial charge in [0.05, 0.1) is 17.0 Å². The zero-order valence-electron chi connectivity index (χ0n) is 16.8. The molecule has 6 nitrogen and oxygen atoms in total. The predicted octanol–water partition coefficient (Wildman–Crippen LogP) is 3.43. The lowest BCUT2D eigenvalue weighted by atomic mass is 10.0. The van der Waals surface area contributed by atoms with Crippen molar-refractivity contribution in [1.29, 1.82) is 0 Å². The average molecular weight is 431 g/mol. The fraction of sp³-hybridized carbons (Fsp3) is 0.364. The molecule has 8 heteroatoms. The third-order valence-corrected chi connectivity index (χ3v) is 7.52. The van der Waals surface area contributed by atoms with E-state index in [4.69, 9.17) is 0 Å². The van der Waals surface area contributed by atoms with Crippen molar-refractivity contribution in [3.63, 3.8) is 0 Å². The summed E-state index contributed by atoms with van der Waals surface area (Å²) in [6, 6.07) is 10.2. The highest BCUT2D eigenvalue weighted by molar-refractivity contribution is 7.89. The van der Waals surface area contributed by atoms with Gasteiger partial charge in [-0.25, -0.2) is 17.7 Å². The summed E-state index contributed by atoms with van der Waals surface area (Å²) in [6.45, 7) is 4.09. The van der Waals surface area contributed by atoms with Gasteiger partial charge in [-0.05, 0) is 60.7 Å². The van der Waals surface area contributed by atoms with Crippen molar-refractivity contribution < 1.29 is 22.4 Å². The third kappa shape index (κ3) is 3.65. The van der Waals surface area contributed by atoms with E-state index in [1.54, 1.807) is 12.1 Å². The van der Waals surface area contributed by atoms with Gasteiger partial charge in [0.1, 0.15) is 11.9 Å². The lowest BCUT2D eigenvalue weighted by Crippen LogP contribution is -2.46. The molecule has 0 N–H and O–H groups in total. The van der Waals surface area contributed by atoms with E-state index in [-0.39, 0.29) is 17.4 Å². The van der Waals surface area contributed by atoms with Crippen LogP contribution in [0.4, 0.5) is 10.1 Å². The average Bonchev–Trinajstić information content (AvgIpc) is 3.48. The first-order valence-corrected chi connectivity index (χ1v) is 11.4. The smallest absolute Gasteiger partial charge is 0.252 e. The first-order chi connectivity index (χ1) is 14.2. The number of nitrogens with zero attached hydrogens (tertiary/aromatic N) is 2. The van der Waals surface area contributed by atoms with Crippen molar-refractivity contribution in [3.05, 3.63) is 59.9 Å². The normalized spacial score (nSPS) is 19.9. The Morgan fingerprint density at radius 3 is 2.13 bits per heavy atom. The Kier molecular flexibility index (Phi) is 5.23. The van der Waals surface area contributed by atoms with Crippen LogP contribution in [0, 0.1) is 5.82 Å². The van der Waals surface area contributed by atoms with Crippen molar-refractivity contribution in [2.45, 2.75) is 56.0 Å².